The van der Waals surface area contributed by atoms with Crippen LogP contribution in [-0.4, -0.2) is 35.1 Å². The minimum Gasteiger partial charge on any atom is -0.354 e. The number of amides is 2. The second kappa shape index (κ2) is 14.1. The molecule has 0 saturated carbocycles. The van der Waals surface area contributed by atoms with Crippen molar-refractivity contribution in [3.63, 3.8) is 0 Å². The molecule has 0 unspecified atom stereocenters. The molecule has 4 nitrogen and oxygen atoms in total. The quantitative estimate of drug-likeness (QED) is 0.236. The molecule has 0 aliphatic rings. The Bertz CT molecular complexity index is 922. The van der Waals surface area contributed by atoms with Gasteiger partial charge in [0.25, 0.3) is 0 Å². The van der Waals surface area contributed by atoms with E-state index >= 15 is 0 Å². The van der Waals surface area contributed by atoms with E-state index < -0.39 is 6.04 Å². The number of nitrogens with zero attached hydrogens (tertiary/aromatic N) is 1. The largest absolute Gasteiger partial charge is 0.354 e. The van der Waals surface area contributed by atoms with Crippen LogP contribution in [0.15, 0.2) is 47.4 Å². The normalized spacial score (nSPS) is 12.0. The van der Waals surface area contributed by atoms with E-state index in [1.165, 1.54) is 0 Å². The second-order valence-corrected chi connectivity index (χ2v) is 10.7. The molecule has 2 amide bonds. The number of thioether (sulfide) groups is 1. The maximum Gasteiger partial charge on any atom is 0.242 e. The molecular formula is C25H31Cl3N2O2S. The molecule has 0 aliphatic heterocycles. The van der Waals surface area contributed by atoms with E-state index in [-0.39, 0.29) is 11.8 Å². The molecule has 2 rings (SSSR count). The van der Waals surface area contributed by atoms with E-state index in [0.29, 0.717) is 53.3 Å². The van der Waals surface area contributed by atoms with E-state index in [4.69, 9.17) is 34.8 Å². The van der Waals surface area contributed by atoms with Gasteiger partial charge in [0.05, 0.1) is 10.0 Å². The molecule has 2 aromatic rings. The number of benzene rings is 2. The highest BCUT2D eigenvalue weighted by Gasteiger charge is 2.28. The summed E-state index contributed by atoms with van der Waals surface area (Å²) in [6, 6.07) is 12.4. The lowest BCUT2D eigenvalue weighted by Gasteiger charge is -2.31. The zero-order chi connectivity index (χ0) is 24.4. The lowest BCUT2D eigenvalue weighted by molar-refractivity contribution is -0.141. The van der Waals surface area contributed by atoms with Gasteiger partial charge in [-0.1, -0.05) is 61.6 Å². The molecule has 0 radical (unpaired) electrons. The van der Waals surface area contributed by atoms with Crippen LogP contribution in [0, 0.1) is 5.92 Å². The number of nitrogens with one attached hydrogen (secondary N) is 1. The summed E-state index contributed by atoms with van der Waals surface area (Å²) in [4.78, 5) is 28.9. The fraction of sp³-hybridized carbons (Fsp3) is 0.440. The Kier molecular flexibility index (Phi) is 11.9. The van der Waals surface area contributed by atoms with Gasteiger partial charge in [0.2, 0.25) is 11.8 Å². The molecule has 2 aromatic carbocycles. The number of hydrogen-bond acceptors (Lipinski definition) is 3. The zero-order valence-corrected chi connectivity index (χ0v) is 22.3. The molecule has 0 aliphatic carbocycles. The van der Waals surface area contributed by atoms with Crippen LogP contribution < -0.4 is 5.32 Å². The Morgan fingerprint density at radius 1 is 1.03 bits per heavy atom. The molecule has 0 aromatic heterocycles. The summed E-state index contributed by atoms with van der Waals surface area (Å²) in [5, 5.41) is 4.56. The van der Waals surface area contributed by atoms with Crippen LogP contribution in [0.5, 0.6) is 0 Å². The summed E-state index contributed by atoms with van der Waals surface area (Å²) in [6.07, 6.45) is 1.58. The molecule has 33 heavy (non-hydrogen) atoms. The maximum absolute atomic E-state index is 13.3. The summed E-state index contributed by atoms with van der Waals surface area (Å²) in [5.74, 6) is 0.944. The van der Waals surface area contributed by atoms with Crippen molar-refractivity contribution in [3.8, 4) is 0 Å². The average molecular weight is 530 g/mol. The van der Waals surface area contributed by atoms with Crippen LogP contribution in [0.4, 0.5) is 0 Å². The third kappa shape index (κ3) is 9.40. The van der Waals surface area contributed by atoms with Gasteiger partial charge >= 0.3 is 0 Å². The predicted molar refractivity (Wildman–Crippen MR) is 140 cm³/mol. The Labute approximate surface area is 216 Å². The number of hydrogen-bond donors (Lipinski definition) is 1. The van der Waals surface area contributed by atoms with Gasteiger partial charge < -0.3 is 10.2 Å². The fourth-order valence-corrected chi connectivity index (χ4v) is 4.56. The highest BCUT2D eigenvalue weighted by Crippen LogP contribution is 2.25. The van der Waals surface area contributed by atoms with Crippen LogP contribution in [0.25, 0.3) is 0 Å². The van der Waals surface area contributed by atoms with Crippen LogP contribution >= 0.6 is 46.6 Å². The van der Waals surface area contributed by atoms with Crippen molar-refractivity contribution in [2.75, 3.05) is 12.3 Å². The Hall–Kier alpha value is -1.40. The molecule has 8 heteroatoms. The van der Waals surface area contributed by atoms with Gasteiger partial charge in [0.1, 0.15) is 6.04 Å². The van der Waals surface area contributed by atoms with Crippen molar-refractivity contribution in [2.45, 2.75) is 57.5 Å². The van der Waals surface area contributed by atoms with Crippen molar-refractivity contribution in [3.05, 3.63) is 63.1 Å². The summed E-state index contributed by atoms with van der Waals surface area (Å²) in [6.45, 7) is 6.87. The number of halogens is 3. The Morgan fingerprint density at radius 2 is 1.73 bits per heavy atom. The van der Waals surface area contributed by atoms with E-state index in [9.17, 15) is 9.59 Å². The first-order valence-electron chi connectivity index (χ1n) is 11.1. The van der Waals surface area contributed by atoms with Gasteiger partial charge in [0, 0.05) is 29.4 Å². The van der Waals surface area contributed by atoms with Crippen LogP contribution in [-0.2, 0) is 16.1 Å². The van der Waals surface area contributed by atoms with Crippen molar-refractivity contribution in [1.29, 1.82) is 0 Å². The zero-order valence-electron chi connectivity index (χ0n) is 19.2. The van der Waals surface area contributed by atoms with Gasteiger partial charge in [-0.2, -0.15) is 0 Å². The lowest BCUT2D eigenvalue weighted by atomic mass is 10.1. The highest BCUT2D eigenvalue weighted by atomic mass is 35.5. The molecule has 0 heterocycles. The summed E-state index contributed by atoms with van der Waals surface area (Å²) < 4.78 is 0. The topological polar surface area (TPSA) is 49.4 Å². The third-order valence-corrected chi connectivity index (χ3v) is 7.11. The smallest absolute Gasteiger partial charge is 0.242 e. The Morgan fingerprint density at radius 3 is 2.33 bits per heavy atom. The van der Waals surface area contributed by atoms with Crippen molar-refractivity contribution < 1.29 is 9.59 Å². The predicted octanol–water partition coefficient (Wildman–Crippen LogP) is 7.10. The summed E-state index contributed by atoms with van der Waals surface area (Å²) in [5.41, 5.74) is 0.836. The maximum atomic E-state index is 13.3. The van der Waals surface area contributed by atoms with Crippen LogP contribution in [0.1, 0.15) is 45.6 Å². The van der Waals surface area contributed by atoms with Crippen molar-refractivity contribution in [2.24, 2.45) is 5.92 Å². The number of rotatable bonds is 12. The molecule has 180 valence electrons. The summed E-state index contributed by atoms with van der Waals surface area (Å²) >= 11 is 19.8. The minimum absolute atomic E-state index is 0.0516. The molecule has 1 N–H and O–H groups in total. The van der Waals surface area contributed by atoms with Crippen molar-refractivity contribution >= 4 is 58.4 Å². The SMILES string of the molecule is CC[C@H](C(=O)NCC(C)C)N(Cc1ccc(Cl)c(Cl)c1)C(=O)CCCSc1ccc(Cl)cc1. The van der Waals surface area contributed by atoms with Gasteiger partial charge in [-0.15, -0.1) is 11.8 Å². The van der Waals surface area contributed by atoms with E-state index in [1.807, 2.05) is 51.1 Å². The second-order valence-electron chi connectivity index (χ2n) is 8.24. The lowest BCUT2D eigenvalue weighted by Crippen LogP contribution is -2.49. The monoisotopic (exact) mass is 528 g/mol. The molecule has 0 bridgehead atoms. The number of carbonyl (C=O) groups excluding carboxylic acids is 2. The minimum atomic E-state index is -0.547. The van der Waals surface area contributed by atoms with E-state index in [2.05, 4.69) is 5.32 Å². The van der Waals surface area contributed by atoms with E-state index in [1.54, 1.807) is 28.8 Å². The van der Waals surface area contributed by atoms with Gasteiger partial charge in [0.15, 0.2) is 0 Å². The van der Waals surface area contributed by atoms with Crippen molar-refractivity contribution in [1.82, 2.24) is 10.2 Å². The average Bonchev–Trinajstić information content (AvgIpc) is 2.78. The number of carbonyl (C=O) groups is 2. The first kappa shape index (κ1) is 27.8. The third-order valence-electron chi connectivity index (χ3n) is 5.02. The van der Waals surface area contributed by atoms with Gasteiger partial charge in [-0.25, -0.2) is 0 Å². The van der Waals surface area contributed by atoms with Gasteiger partial charge in [-0.3, -0.25) is 9.59 Å². The highest BCUT2D eigenvalue weighted by molar-refractivity contribution is 7.99. The van der Waals surface area contributed by atoms with Crippen LogP contribution in [0.2, 0.25) is 15.1 Å². The first-order valence-corrected chi connectivity index (χ1v) is 13.2. The molecule has 0 fully saturated rings. The standard InChI is InChI=1S/C25H31Cl3N2O2S/c1-4-23(25(32)29-15-17(2)3)30(16-18-7-12-21(27)22(28)14-18)24(31)6-5-13-33-20-10-8-19(26)9-11-20/h7-12,14,17,23H,4-6,13,15-16H2,1-3H3,(H,29,32)/t23-/m1/s1. The molecule has 1 atom stereocenters. The molecule has 0 saturated heterocycles. The summed E-state index contributed by atoms with van der Waals surface area (Å²) in [7, 11) is 0. The van der Waals surface area contributed by atoms with E-state index in [0.717, 1.165) is 16.2 Å². The molecular weight excluding hydrogens is 499 g/mol. The van der Waals surface area contributed by atoms with Crippen LogP contribution in [0.3, 0.4) is 0 Å². The fourth-order valence-electron chi connectivity index (χ4n) is 3.26. The molecule has 0 spiro atoms. The first-order chi connectivity index (χ1) is 15.7. The Balaban J connectivity index is 2.08. The van der Waals surface area contributed by atoms with Gasteiger partial charge in [-0.05, 0) is 66.5 Å².